The van der Waals surface area contributed by atoms with Crippen molar-refractivity contribution in [2.24, 2.45) is 5.92 Å². The Morgan fingerprint density at radius 2 is 2.12 bits per heavy atom. The van der Waals surface area contributed by atoms with Crippen LogP contribution in [0.25, 0.3) is 11.0 Å². The number of furan rings is 1. The number of carbonyl (C=O) groups is 1. The summed E-state index contributed by atoms with van der Waals surface area (Å²) in [5.74, 6) is 0.856. The number of carbonyl (C=O) groups excluding carboxylic acids is 1. The van der Waals surface area contributed by atoms with Gasteiger partial charge in [0.2, 0.25) is 0 Å². The lowest BCUT2D eigenvalue weighted by Gasteiger charge is -2.23. The molecule has 1 aliphatic heterocycles. The summed E-state index contributed by atoms with van der Waals surface area (Å²) >= 11 is 0. The highest BCUT2D eigenvalue weighted by Crippen LogP contribution is 2.21. The number of benzene rings is 1. The van der Waals surface area contributed by atoms with Gasteiger partial charge in [-0.3, -0.25) is 4.79 Å². The van der Waals surface area contributed by atoms with Crippen LogP contribution in [-0.2, 0) is 11.2 Å². The Labute approximate surface area is 151 Å². The lowest BCUT2D eigenvalue weighted by molar-refractivity contribution is 0.0736. The van der Waals surface area contributed by atoms with E-state index in [4.69, 9.17) is 9.15 Å². The average Bonchev–Trinajstić information content (AvgIpc) is 2.99. The van der Waals surface area contributed by atoms with Crippen molar-refractivity contribution in [2.45, 2.75) is 13.3 Å². The normalized spacial score (nSPS) is 18.0. The van der Waals surface area contributed by atoms with Gasteiger partial charge in [-0.15, -0.1) is 0 Å². The van der Waals surface area contributed by atoms with Crippen LogP contribution in [0.4, 0.5) is 0 Å². The number of rotatable bonds is 3. The van der Waals surface area contributed by atoms with E-state index in [0.717, 1.165) is 17.4 Å². The highest BCUT2D eigenvalue weighted by atomic mass is 16.5. The average molecular weight is 351 g/mol. The summed E-state index contributed by atoms with van der Waals surface area (Å²) in [6.07, 6.45) is 5.73. The van der Waals surface area contributed by atoms with Crippen LogP contribution in [0.1, 0.15) is 21.7 Å². The molecule has 1 atom stereocenters. The van der Waals surface area contributed by atoms with E-state index in [1.165, 1.54) is 5.56 Å². The van der Waals surface area contributed by atoms with Crippen LogP contribution in [0, 0.1) is 12.8 Å². The van der Waals surface area contributed by atoms with E-state index in [-0.39, 0.29) is 11.8 Å². The summed E-state index contributed by atoms with van der Waals surface area (Å²) in [6, 6.07) is 8.21. The molecule has 1 aromatic carbocycles. The van der Waals surface area contributed by atoms with Crippen molar-refractivity contribution in [2.75, 3.05) is 26.3 Å². The van der Waals surface area contributed by atoms with Gasteiger partial charge >= 0.3 is 0 Å². The van der Waals surface area contributed by atoms with Gasteiger partial charge in [0.05, 0.1) is 25.0 Å². The van der Waals surface area contributed by atoms with Crippen LogP contribution < -0.4 is 0 Å². The molecule has 26 heavy (non-hydrogen) atoms. The van der Waals surface area contributed by atoms with Gasteiger partial charge in [0, 0.05) is 36.8 Å². The number of aromatic nitrogens is 2. The zero-order valence-electron chi connectivity index (χ0n) is 14.7. The molecule has 134 valence electrons. The molecule has 0 N–H and O–H groups in total. The number of nitrogens with zero attached hydrogens (tertiary/aromatic N) is 3. The van der Waals surface area contributed by atoms with Crippen LogP contribution in [0.15, 0.2) is 47.3 Å². The van der Waals surface area contributed by atoms with Gasteiger partial charge in [-0.1, -0.05) is 12.1 Å². The van der Waals surface area contributed by atoms with Gasteiger partial charge in [-0.05, 0) is 31.0 Å². The zero-order valence-corrected chi connectivity index (χ0v) is 14.7. The Kier molecular flexibility index (Phi) is 4.67. The Balaban J connectivity index is 1.48. The maximum Gasteiger partial charge on any atom is 0.257 e. The quantitative estimate of drug-likeness (QED) is 0.726. The summed E-state index contributed by atoms with van der Waals surface area (Å²) in [7, 11) is 0. The second kappa shape index (κ2) is 7.25. The molecule has 0 unspecified atom stereocenters. The minimum Gasteiger partial charge on any atom is -0.464 e. The van der Waals surface area contributed by atoms with Gasteiger partial charge in [0.1, 0.15) is 11.4 Å². The molecule has 6 nitrogen and oxygen atoms in total. The fraction of sp³-hybridized carbons (Fsp3) is 0.350. The Hall–Kier alpha value is -2.73. The smallest absolute Gasteiger partial charge is 0.257 e. The lowest BCUT2D eigenvalue weighted by atomic mass is 9.98. The van der Waals surface area contributed by atoms with Crippen LogP contribution in [0.5, 0.6) is 0 Å². The minimum absolute atomic E-state index is 0.0398. The molecule has 3 aromatic rings. The largest absolute Gasteiger partial charge is 0.464 e. The minimum atomic E-state index is -0.0398. The second-order valence-corrected chi connectivity index (χ2v) is 6.71. The van der Waals surface area contributed by atoms with E-state index in [1.54, 1.807) is 25.6 Å². The molecular weight excluding hydrogens is 330 g/mol. The van der Waals surface area contributed by atoms with Crippen molar-refractivity contribution in [3.63, 3.8) is 0 Å². The van der Waals surface area contributed by atoms with Crippen LogP contribution in [0.2, 0.25) is 0 Å². The van der Waals surface area contributed by atoms with E-state index in [9.17, 15) is 4.79 Å². The number of aryl methyl sites for hydroxylation is 1. The Bertz CT molecular complexity index is 904. The van der Waals surface area contributed by atoms with Crippen LogP contribution >= 0.6 is 0 Å². The van der Waals surface area contributed by atoms with Gasteiger partial charge in [-0.2, -0.15) is 0 Å². The first-order valence-corrected chi connectivity index (χ1v) is 8.81. The van der Waals surface area contributed by atoms with Crippen LogP contribution in [0.3, 0.4) is 0 Å². The summed E-state index contributed by atoms with van der Waals surface area (Å²) in [4.78, 5) is 22.9. The predicted molar refractivity (Wildman–Crippen MR) is 96.9 cm³/mol. The topological polar surface area (TPSA) is 68.5 Å². The number of hydrogen-bond acceptors (Lipinski definition) is 5. The van der Waals surface area contributed by atoms with Crippen molar-refractivity contribution in [1.29, 1.82) is 0 Å². The molecule has 0 aliphatic carbocycles. The maximum absolute atomic E-state index is 12.8. The maximum atomic E-state index is 12.8. The lowest BCUT2D eigenvalue weighted by Crippen LogP contribution is -2.36. The summed E-state index contributed by atoms with van der Waals surface area (Å²) in [6.45, 7) is 4.24. The molecule has 1 amide bonds. The Morgan fingerprint density at radius 3 is 2.96 bits per heavy atom. The first-order valence-electron chi connectivity index (χ1n) is 8.81. The van der Waals surface area contributed by atoms with E-state index in [2.05, 4.69) is 28.2 Å². The van der Waals surface area contributed by atoms with Gasteiger partial charge in [0.25, 0.3) is 5.91 Å². The van der Waals surface area contributed by atoms with Crippen molar-refractivity contribution < 1.29 is 13.9 Å². The fourth-order valence-electron chi connectivity index (χ4n) is 3.33. The summed E-state index contributed by atoms with van der Waals surface area (Å²) < 4.78 is 11.2. The molecule has 3 heterocycles. The number of ether oxygens (including phenoxy) is 1. The molecule has 4 rings (SSSR count). The molecule has 6 heteroatoms. The van der Waals surface area contributed by atoms with Crippen molar-refractivity contribution in [3.8, 4) is 0 Å². The van der Waals surface area contributed by atoms with E-state index >= 15 is 0 Å². The third-order valence-electron chi connectivity index (χ3n) is 4.70. The molecule has 1 fully saturated rings. The first-order chi connectivity index (χ1) is 12.7. The molecular formula is C20H21N3O3. The zero-order chi connectivity index (χ0) is 17.9. The molecule has 0 bridgehead atoms. The highest BCUT2D eigenvalue weighted by Gasteiger charge is 2.24. The molecule has 1 saturated heterocycles. The summed E-state index contributed by atoms with van der Waals surface area (Å²) in [5, 5.41) is 1.10. The third-order valence-corrected chi connectivity index (χ3v) is 4.70. The van der Waals surface area contributed by atoms with Gasteiger partial charge < -0.3 is 14.1 Å². The Morgan fingerprint density at radius 1 is 1.27 bits per heavy atom. The number of fused-ring (bicyclic) bond motifs is 1. The molecule has 2 aromatic heterocycles. The van der Waals surface area contributed by atoms with Gasteiger partial charge in [-0.25, -0.2) is 9.97 Å². The van der Waals surface area contributed by atoms with Crippen molar-refractivity contribution in [1.82, 2.24) is 14.9 Å². The third kappa shape index (κ3) is 3.60. The van der Waals surface area contributed by atoms with Gasteiger partial charge in [0.15, 0.2) is 0 Å². The molecule has 1 aliphatic rings. The van der Waals surface area contributed by atoms with Crippen molar-refractivity contribution in [3.05, 3.63) is 59.9 Å². The number of amides is 1. The SMILES string of the molecule is Cc1ncc(C(=O)N2CCOC[C@@H](Cc3ccc4ccoc4c3)C2)cn1. The van der Waals surface area contributed by atoms with E-state index in [1.807, 2.05) is 11.0 Å². The highest BCUT2D eigenvalue weighted by molar-refractivity contribution is 5.93. The second-order valence-electron chi connectivity index (χ2n) is 6.71. The molecule has 0 spiro atoms. The first kappa shape index (κ1) is 16.7. The molecule has 0 radical (unpaired) electrons. The van der Waals surface area contributed by atoms with E-state index < -0.39 is 0 Å². The monoisotopic (exact) mass is 351 g/mol. The van der Waals surface area contributed by atoms with Crippen LogP contribution in [-0.4, -0.2) is 47.1 Å². The number of hydrogen-bond donors (Lipinski definition) is 0. The fourth-order valence-corrected chi connectivity index (χ4v) is 3.33. The summed E-state index contributed by atoms with van der Waals surface area (Å²) in [5.41, 5.74) is 2.60. The standard InChI is InChI=1S/C20H21N3O3/c1-14-21-10-18(11-22-14)20(24)23-5-7-25-13-16(12-23)8-15-2-3-17-4-6-26-19(17)9-15/h2-4,6,9-11,16H,5,7-8,12-13H2,1H3/t16-/m0/s1. The van der Waals surface area contributed by atoms with Crippen molar-refractivity contribution >= 4 is 16.9 Å². The van der Waals surface area contributed by atoms with E-state index in [0.29, 0.717) is 37.7 Å². The predicted octanol–water partition coefficient (Wildman–Crippen LogP) is 2.86. The molecule has 0 saturated carbocycles.